The summed E-state index contributed by atoms with van der Waals surface area (Å²) in [5.41, 5.74) is 16.5. The molecule has 0 amide bonds. The number of nitrogens with one attached hydrogen (secondary N) is 1. The van der Waals surface area contributed by atoms with Crippen LogP contribution in [0, 0.1) is 0 Å². The van der Waals surface area contributed by atoms with Crippen LogP contribution in [0.1, 0.15) is 51.9 Å². The zero-order valence-corrected chi connectivity index (χ0v) is 31.8. The van der Waals surface area contributed by atoms with Crippen LogP contribution in [0.3, 0.4) is 0 Å². The Hall–Kier alpha value is -7.30. The third-order valence-electron chi connectivity index (χ3n) is 11.8. The van der Waals surface area contributed by atoms with Gasteiger partial charge in [-0.25, -0.2) is 9.98 Å². The molecule has 0 bridgehead atoms. The Balaban J connectivity index is 0.908. The number of hydrogen-bond donors (Lipinski definition) is 1. The van der Waals surface area contributed by atoms with Crippen molar-refractivity contribution < 1.29 is 4.42 Å². The topological polar surface area (TPSA) is 49.9 Å². The number of hydrogen-bond acceptors (Lipinski definition) is 4. The van der Waals surface area contributed by atoms with E-state index in [1.165, 1.54) is 38.9 Å². The zero-order chi connectivity index (χ0) is 38.4. The summed E-state index contributed by atoms with van der Waals surface area (Å²) in [4.78, 5) is 10.2. The highest BCUT2D eigenvalue weighted by atomic mass is 16.3. The van der Waals surface area contributed by atoms with Crippen LogP contribution in [0.5, 0.6) is 0 Å². The Morgan fingerprint density at radius 3 is 1.93 bits per heavy atom. The van der Waals surface area contributed by atoms with Gasteiger partial charge < -0.3 is 9.73 Å². The molecule has 8 aromatic carbocycles. The molecule has 1 aliphatic heterocycles. The number of fused-ring (bicyclic) bond motifs is 6. The lowest BCUT2D eigenvalue weighted by molar-refractivity contribution is 0.666. The largest absolute Gasteiger partial charge is 0.456 e. The lowest BCUT2D eigenvalue weighted by Gasteiger charge is -2.22. The van der Waals surface area contributed by atoms with Crippen molar-refractivity contribution in [2.24, 2.45) is 9.98 Å². The van der Waals surface area contributed by atoms with Gasteiger partial charge in [-0.2, -0.15) is 0 Å². The molecule has 0 radical (unpaired) electrons. The van der Waals surface area contributed by atoms with Crippen LogP contribution in [-0.4, -0.2) is 11.7 Å². The minimum atomic E-state index is -0.350. The predicted octanol–water partition coefficient (Wildman–Crippen LogP) is 13.2. The molecule has 2 aliphatic rings. The molecule has 1 N–H and O–H groups in total. The van der Waals surface area contributed by atoms with Gasteiger partial charge in [0.05, 0.1) is 0 Å². The molecule has 0 fully saturated rings. The van der Waals surface area contributed by atoms with E-state index in [0.29, 0.717) is 5.92 Å². The maximum Gasteiger partial charge on any atom is 0.169 e. The number of aliphatic imine (C=N–C) groups is 2. The molecule has 1 aromatic heterocycles. The lowest BCUT2D eigenvalue weighted by Crippen LogP contribution is -2.36. The smallest absolute Gasteiger partial charge is 0.169 e. The first-order chi connectivity index (χ1) is 28.7. The normalized spacial score (nSPS) is 15.7. The average molecular weight is 746 g/mol. The molecule has 2 heterocycles. The van der Waals surface area contributed by atoms with Gasteiger partial charge in [-0.15, -0.1) is 0 Å². The first kappa shape index (κ1) is 34.0. The highest BCUT2D eigenvalue weighted by Crippen LogP contribution is 2.48. The second-order valence-electron chi connectivity index (χ2n) is 15.3. The van der Waals surface area contributed by atoms with Crippen molar-refractivity contribution >= 4 is 33.6 Å². The summed E-state index contributed by atoms with van der Waals surface area (Å²) in [6, 6.07) is 69.0. The van der Waals surface area contributed by atoms with E-state index in [2.05, 4.69) is 163 Å². The van der Waals surface area contributed by atoms with Crippen molar-refractivity contribution in [1.29, 1.82) is 0 Å². The molecule has 4 nitrogen and oxygen atoms in total. The summed E-state index contributed by atoms with van der Waals surface area (Å²) in [6.07, 6.45) is 1.62. The molecule has 58 heavy (non-hydrogen) atoms. The summed E-state index contributed by atoms with van der Waals surface area (Å²) in [6.45, 7) is 0. The van der Waals surface area contributed by atoms with Crippen LogP contribution in [0.25, 0.3) is 55.3 Å². The number of furan rings is 1. The van der Waals surface area contributed by atoms with Crippen LogP contribution in [0.15, 0.2) is 209 Å². The van der Waals surface area contributed by atoms with Gasteiger partial charge in [0, 0.05) is 27.8 Å². The highest BCUT2D eigenvalue weighted by Gasteiger charge is 2.29. The molecule has 4 heteroatoms. The van der Waals surface area contributed by atoms with E-state index in [9.17, 15) is 0 Å². The van der Waals surface area contributed by atoms with E-state index in [1.54, 1.807) is 0 Å². The fourth-order valence-electron chi connectivity index (χ4n) is 8.96. The molecule has 0 spiro atoms. The van der Waals surface area contributed by atoms with E-state index in [1.807, 2.05) is 36.4 Å². The lowest BCUT2D eigenvalue weighted by atomic mass is 9.89. The van der Waals surface area contributed by atoms with Gasteiger partial charge >= 0.3 is 0 Å². The van der Waals surface area contributed by atoms with Gasteiger partial charge in [0.25, 0.3) is 0 Å². The van der Waals surface area contributed by atoms with Gasteiger partial charge in [0.2, 0.25) is 0 Å². The first-order valence-corrected chi connectivity index (χ1v) is 20.1. The fraction of sp³-hybridized carbons (Fsp3) is 0.0741. The highest BCUT2D eigenvalue weighted by molar-refractivity contribution is 6.17. The maximum atomic E-state index is 6.63. The summed E-state index contributed by atoms with van der Waals surface area (Å²) < 4.78 is 6.63. The van der Waals surface area contributed by atoms with Crippen molar-refractivity contribution in [1.82, 2.24) is 5.32 Å². The van der Waals surface area contributed by atoms with Crippen LogP contribution in [-0.2, 0) is 6.42 Å². The van der Waals surface area contributed by atoms with Crippen molar-refractivity contribution in [3.05, 3.63) is 228 Å². The van der Waals surface area contributed by atoms with Crippen LogP contribution >= 0.6 is 0 Å². The summed E-state index contributed by atoms with van der Waals surface area (Å²) in [7, 11) is 0. The van der Waals surface area contributed by atoms with Crippen LogP contribution in [0.4, 0.5) is 0 Å². The molecule has 9 aromatic rings. The molecule has 0 saturated heterocycles. The molecule has 1 aliphatic carbocycles. The van der Waals surface area contributed by atoms with Gasteiger partial charge in [-0.05, 0) is 92.7 Å². The summed E-state index contributed by atoms with van der Waals surface area (Å²) in [5.74, 6) is 1.94. The van der Waals surface area contributed by atoms with E-state index in [4.69, 9.17) is 14.4 Å². The Morgan fingerprint density at radius 2 is 1.10 bits per heavy atom. The van der Waals surface area contributed by atoms with Crippen LogP contribution in [0.2, 0.25) is 0 Å². The van der Waals surface area contributed by atoms with E-state index in [0.717, 1.165) is 74.3 Å². The van der Waals surface area contributed by atoms with Gasteiger partial charge in [-0.3, -0.25) is 0 Å². The molecular weight excluding hydrogens is 707 g/mol. The third kappa shape index (κ3) is 6.11. The quantitative estimate of drug-likeness (QED) is 0.168. The number of amidine groups is 2. The number of rotatable bonds is 8. The number of nitrogens with zero attached hydrogens (tertiary/aromatic N) is 2. The number of aryl methyl sites for hydroxylation is 1. The van der Waals surface area contributed by atoms with Crippen molar-refractivity contribution in [3.8, 4) is 33.4 Å². The molecule has 0 saturated carbocycles. The zero-order valence-electron chi connectivity index (χ0n) is 31.8. The Labute approximate surface area is 337 Å². The molecular formula is C54H39N3O. The Kier molecular flexibility index (Phi) is 8.40. The number of benzene rings is 8. The molecule has 2 unspecified atom stereocenters. The van der Waals surface area contributed by atoms with Gasteiger partial charge in [-0.1, -0.05) is 170 Å². The SMILES string of the molecule is c1ccc(C2=NC(c3ccccc3)N=C(c3cccc(-c4cccc5oc6cc(CCC7c8ccccc8-c8ccc(-c9ccccc9)cc87)ccc6c45)c3)N2)cc1. The minimum absolute atomic E-state index is 0.335. The fourth-order valence-corrected chi connectivity index (χ4v) is 8.96. The summed E-state index contributed by atoms with van der Waals surface area (Å²) in [5, 5.41) is 5.82. The minimum Gasteiger partial charge on any atom is -0.456 e. The second kappa shape index (κ2) is 14.3. The predicted molar refractivity (Wildman–Crippen MR) is 238 cm³/mol. The third-order valence-corrected chi connectivity index (χ3v) is 11.8. The first-order valence-electron chi connectivity index (χ1n) is 20.1. The molecule has 276 valence electrons. The Morgan fingerprint density at radius 1 is 0.448 bits per heavy atom. The summed E-state index contributed by atoms with van der Waals surface area (Å²) >= 11 is 0. The standard InChI is InChI=1S/C54H39N3O/c1-4-14-36(15-5-1)39-28-31-46-44-23-11-10-22-43(44)45(48(46)34-39)29-26-35-27-30-47-50(32-35)58-49-25-13-24-42(51(47)49)40-20-12-21-41(33-40)54-56-52(37-16-6-2-7-17-37)55-53(57-54)38-18-8-3-9-19-38/h1-25,27-28,30-34,45,52H,26,29H2,(H,55,56,57). The van der Waals surface area contributed by atoms with Gasteiger partial charge in [0.15, 0.2) is 6.17 Å². The van der Waals surface area contributed by atoms with Crippen LogP contribution < -0.4 is 5.32 Å². The van der Waals surface area contributed by atoms with E-state index >= 15 is 0 Å². The van der Waals surface area contributed by atoms with Gasteiger partial charge in [0.1, 0.15) is 22.8 Å². The van der Waals surface area contributed by atoms with Crippen molar-refractivity contribution in [2.45, 2.75) is 24.9 Å². The van der Waals surface area contributed by atoms with Crippen molar-refractivity contribution in [3.63, 3.8) is 0 Å². The maximum absolute atomic E-state index is 6.63. The monoisotopic (exact) mass is 745 g/mol. The molecule has 2 atom stereocenters. The van der Waals surface area contributed by atoms with E-state index < -0.39 is 0 Å². The second-order valence-corrected chi connectivity index (χ2v) is 15.3. The van der Waals surface area contributed by atoms with E-state index in [-0.39, 0.29) is 6.17 Å². The average Bonchev–Trinajstić information content (AvgIpc) is 3.83. The Bertz CT molecular complexity index is 3040. The van der Waals surface area contributed by atoms with Crippen molar-refractivity contribution in [2.75, 3.05) is 0 Å². The molecule has 11 rings (SSSR count).